The Morgan fingerprint density at radius 2 is 0.962 bits per heavy atom. The number of anilines is 3. The topological polar surface area (TPSA) is 3.24 Å². The van der Waals surface area contributed by atoms with Crippen molar-refractivity contribution in [3.8, 4) is 22.3 Å². The molecule has 1 nitrogen and oxygen atoms in total. The van der Waals surface area contributed by atoms with Crippen LogP contribution in [0.2, 0.25) is 0 Å². The average molecular weight is 710 g/mol. The summed E-state index contributed by atoms with van der Waals surface area (Å²) < 4.78 is 5.27. The van der Waals surface area contributed by atoms with Crippen LogP contribution < -0.4 is 4.90 Å². The van der Waals surface area contributed by atoms with Gasteiger partial charge in [0.05, 0.1) is 16.1 Å². The Hall–Kier alpha value is -6.26. The molecule has 0 bridgehead atoms. The van der Waals surface area contributed by atoms with Crippen molar-refractivity contribution in [2.45, 2.75) is 0 Å². The molecule has 2 heterocycles. The first-order valence-corrected chi connectivity index (χ1v) is 19.6. The van der Waals surface area contributed by atoms with Crippen molar-refractivity contribution in [1.82, 2.24) is 0 Å². The molecule has 0 aliphatic heterocycles. The highest BCUT2D eigenvalue weighted by Crippen LogP contribution is 2.48. The summed E-state index contributed by atoms with van der Waals surface area (Å²) >= 11 is 3.77. The molecule has 0 atom stereocenters. The van der Waals surface area contributed by atoms with Crippen molar-refractivity contribution in [3.05, 3.63) is 188 Å². The number of nitrogens with zero attached hydrogens (tertiary/aromatic N) is 1. The van der Waals surface area contributed by atoms with Gasteiger partial charge in [0.15, 0.2) is 0 Å². The summed E-state index contributed by atoms with van der Waals surface area (Å²) in [6.07, 6.45) is 0. The standard InChI is InChI=1S/C50H31NS2/c1-2-11-33(12-3-1)40-17-9-18-43-44-19-10-21-46(50(44)53-49(40)43)51(45-20-8-14-32-13-4-5-15-39(32)45)38-27-25-35-29-34(23-24-36(35)30-38)37-26-28-42-41-16-6-7-22-47(41)52-48(42)31-37/h1-31H. The van der Waals surface area contributed by atoms with Gasteiger partial charge >= 0.3 is 0 Å². The Bertz CT molecular complexity index is 3180. The first kappa shape index (κ1) is 30.4. The quantitative estimate of drug-likeness (QED) is 0.172. The molecule has 0 aliphatic carbocycles. The molecule has 0 amide bonds. The van der Waals surface area contributed by atoms with E-state index in [0.29, 0.717) is 0 Å². The highest BCUT2D eigenvalue weighted by molar-refractivity contribution is 7.27. The van der Waals surface area contributed by atoms with Gasteiger partial charge in [-0.3, -0.25) is 0 Å². The number of fused-ring (bicyclic) bond motifs is 8. The zero-order valence-corrected chi connectivity index (χ0v) is 30.3. The maximum absolute atomic E-state index is 2.48. The molecule has 0 spiro atoms. The van der Waals surface area contributed by atoms with Gasteiger partial charge in [0, 0.05) is 46.7 Å². The zero-order chi connectivity index (χ0) is 34.9. The van der Waals surface area contributed by atoms with Crippen LogP contribution in [0.3, 0.4) is 0 Å². The minimum absolute atomic E-state index is 1.14. The lowest BCUT2D eigenvalue weighted by Gasteiger charge is -2.27. The molecule has 9 aromatic carbocycles. The van der Waals surface area contributed by atoms with E-state index in [9.17, 15) is 0 Å². The van der Waals surface area contributed by atoms with Gasteiger partial charge in [0.25, 0.3) is 0 Å². The predicted octanol–water partition coefficient (Wildman–Crippen LogP) is 15.5. The normalized spacial score (nSPS) is 11.8. The van der Waals surface area contributed by atoms with E-state index in [-0.39, 0.29) is 0 Å². The Labute approximate surface area is 315 Å². The van der Waals surface area contributed by atoms with Gasteiger partial charge in [-0.1, -0.05) is 146 Å². The Balaban J connectivity index is 1.09. The maximum atomic E-state index is 2.48. The summed E-state index contributed by atoms with van der Waals surface area (Å²) in [6.45, 7) is 0. The van der Waals surface area contributed by atoms with E-state index in [1.54, 1.807) is 0 Å². The second kappa shape index (κ2) is 12.2. The molecule has 0 unspecified atom stereocenters. The molecule has 53 heavy (non-hydrogen) atoms. The molecular weight excluding hydrogens is 679 g/mol. The van der Waals surface area contributed by atoms with Crippen LogP contribution in [0.1, 0.15) is 0 Å². The van der Waals surface area contributed by atoms with Gasteiger partial charge in [-0.15, -0.1) is 22.7 Å². The Morgan fingerprint density at radius 1 is 0.321 bits per heavy atom. The number of hydrogen-bond donors (Lipinski definition) is 0. The van der Waals surface area contributed by atoms with E-state index in [2.05, 4.69) is 193 Å². The lowest BCUT2D eigenvalue weighted by Crippen LogP contribution is -2.10. The van der Waals surface area contributed by atoms with E-state index >= 15 is 0 Å². The maximum Gasteiger partial charge on any atom is 0.0640 e. The summed E-state index contributed by atoms with van der Waals surface area (Å²) in [6, 6.07) is 69.2. The fourth-order valence-corrected chi connectivity index (χ4v) is 10.6. The fourth-order valence-electron chi connectivity index (χ4n) is 8.09. The molecule has 0 aliphatic rings. The van der Waals surface area contributed by atoms with Crippen LogP contribution in [-0.4, -0.2) is 0 Å². The van der Waals surface area contributed by atoms with Crippen LogP contribution in [0.4, 0.5) is 17.1 Å². The van der Waals surface area contributed by atoms with Crippen molar-refractivity contribution in [2.24, 2.45) is 0 Å². The summed E-state index contributed by atoms with van der Waals surface area (Å²) in [7, 11) is 0. The summed E-state index contributed by atoms with van der Waals surface area (Å²) in [5.41, 5.74) is 8.50. The number of benzene rings is 9. The van der Waals surface area contributed by atoms with Crippen LogP contribution in [0.25, 0.3) is 84.1 Å². The second-order valence-electron chi connectivity index (χ2n) is 13.7. The predicted molar refractivity (Wildman–Crippen MR) is 233 cm³/mol. The first-order valence-electron chi connectivity index (χ1n) is 18.0. The van der Waals surface area contributed by atoms with Crippen LogP contribution >= 0.6 is 22.7 Å². The van der Waals surface area contributed by atoms with Gasteiger partial charge < -0.3 is 4.90 Å². The van der Waals surface area contributed by atoms with Crippen molar-refractivity contribution in [1.29, 1.82) is 0 Å². The van der Waals surface area contributed by atoms with Gasteiger partial charge in [0.1, 0.15) is 0 Å². The summed E-state index contributed by atoms with van der Waals surface area (Å²) in [4.78, 5) is 2.48. The number of thiophene rings is 2. The lowest BCUT2D eigenvalue weighted by molar-refractivity contribution is 1.32. The lowest BCUT2D eigenvalue weighted by atomic mass is 9.99. The molecule has 248 valence electrons. The van der Waals surface area contributed by atoms with E-state index in [0.717, 1.165) is 5.69 Å². The number of rotatable bonds is 5. The summed E-state index contributed by atoms with van der Waals surface area (Å²) in [5, 5.41) is 10.2. The molecule has 0 fully saturated rings. The van der Waals surface area contributed by atoms with Crippen LogP contribution in [-0.2, 0) is 0 Å². The van der Waals surface area contributed by atoms with Crippen LogP contribution in [0.5, 0.6) is 0 Å². The van der Waals surface area contributed by atoms with Crippen molar-refractivity contribution >= 4 is 102 Å². The highest BCUT2D eigenvalue weighted by Gasteiger charge is 2.21. The fraction of sp³-hybridized carbons (Fsp3) is 0. The molecule has 0 radical (unpaired) electrons. The molecule has 0 N–H and O–H groups in total. The molecule has 0 saturated carbocycles. The van der Waals surface area contributed by atoms with Gasteiger partial charge in [-0.05, 0) is 80.9 Å². The molecule has 0 saturated heterocycles. The van der Waals surface area contributed by atoms with Crippen molar-refractivity contribution in [3.63, 3.8) is 0 Å². The highest BCUT2D eigenvalue weighted by atomic mass is 32.1. The monoisotopic (exact) mass is 709 g/mol. The van der Waals surface area contributed by atoms with Gasteiger partial charge in [-0.2, -0.15) is 0 Å². The molecule has 11 rings (SSSR count). The van der Waals surface area contributed by atoms with E-state index in [1.165, 1.54) is 95.5 Å². The molecule has 3 heteroatoms. The van der Waals surface area contributed by atoms with Gasteiger partial charge in [-0.25, -0.2) is 0 Å². The Kier molecular flexibility index (Phi) is 6.97. The van der Waals surface area contributed by atoms with E-state index in [4.69, 9.17) is 0 Å². The third kappa shape index (κ3) is 4.97. The van der Waals surface area contributed by atoms with E-state index < -0.39 is 0 Å². The SMILES string of the molecule is c1ccc(-c2cccc3c2sc2c(N(c4ccc5cc(-c6ccc7c(c6)sc6ccccc67)ccc5c4)c4cccc5ccccc45)cccc23)cc1. The number of hydrogen-bond acceptors (Lipinski definition) is 3. The first-order chi connectivity index (χ1) is 26.3. The van der Waals surface area contributed by atoms with Crippen LogP contribution in [0.15, 0.2) is 188 Å². The van der Waals surface area contributed by atoms with E-state index in [1.807, 2.05) is 22.7 Å². The van der Waals surface area contributed by atoms with Crippen LogP contribution in [0, 0.1) is 0 Å². The minimum atomic E-state index is 1.14. The smallest absolute Gasteiger partial charge is 0.0640 e. The summed E-state index contributed by atoms with van der Waals surface area (Å²) in [5.74, 6) is 0. The molecular formula is C50H31NS2. The molecule has 2 aromatic heterocycles. The van der Waals surface area contributed by atoms with Crippen molar-refractivity contribution in [2.75, 3.05) is 4.90 Å². The molecule has 11 aromatic rings. The third-order valence-corrected chi connectivity index (χ3v) is 13.0. The Morgan fingerprint density at radius 3 is 1.89 bits per heavy atom. The average Bonchev–Trinajstić information content (AvgIpc) is 3.80. The zero-order valence-electron chi connectivity index (χ0n) is 28.7. The third-order valence-electron chi connectivity index (χ3n) is 10.6. The van der Waals surface area contributed by atoms with Gasteiger partial charge in [0.2, 0.25) is 0 Å². The van der Waals surface area contributed by atoms with Crippen molar-refractivity contribution < 1.29 is 0 Å². The largest absolute Gasteiger partial charge is 0.308 e. The second-order valence-corrected chi connectivity index (χ2v) is 15.8. The minimum Gasteiger partial charge on any atom is -0.308 e.